The Bertz CT molecular complexity index is 1090. The largest absolute Gasteiger partial charge is 0.390 e. The minimum atomic E-state index is -0.832. The molecule has 158 valence electrons. The van der Waals surface area contributed by atoms with Crippen LogP contribution in [0.2, 0.25) is 5.02 Å². The number of carbonyl (C=O) groups excluding carboxylic acids is 1. The molecule has 0 spiro atoms. The average Bonchev–Trinajstić information content (AvgIpc) is 3.30. The van der Waals surface area contributed by atoms with Gasteiger partial charge in [-0.2, -0.15) is 0 Å². The second-order valence-electron chi connectivity index (χ2n) is 7.33. The van der Waals surface area contributed by atoms with Crippen LogP contribution in [-0.4, -0.2) is 67.4 Å². The van der Waals surface area contributed by atoms with Crippen LogP contribution in [0.15, 0.2) is 36.8 Å². The van der Waals surface area contributed by atoms with E-state index in [0.29, 0.717) is 34.3 Å². The van der Waals surface area contributed by atoms with Gasteiger partial charge in [-0.15, -0.1) is 11.8 Å². The van der Waals surface area contributed by atoms with Crippen molar-refractivity contribution in [2.75, 3.05) is 25.2 Å². The van der Waals surface area contributed by atoms with Crippen LogP contribution in [0, 0.1) is 0 Å². The highest BCUT2D eigenvalue weighted by atomic mass is 35.5. The lowest BCUT2D eigenvalue weighted by atomic mass is 10.1. The molecule has 1 fully saturated rings. The zero-order chi connectivity index (χ0) is 21.4. The highest BCUT2D eigenvalue weighted by Gasteiger charge is 2.37. The van der Waals surface area contributed by atoms with Crippen molar-refractivity contribution in [2.24, 2.45) is 0 Å². The van der Waals surface area contributed by atoms with E-state index >= 15 is 0 Å². The number of aliphatic hydroxyl groups is 2. The molecule has 2 aromatic heterocycles. The third kappa shape index (κ3) is 3.85. The SMILES string of the molecule is CN(C)C(=O)c1cc(CNc2nccn3c([C@@H]4SC[C@@H](O)[C@H]4O)cnc23)ccc1Cl. The monoisotopic (exact) mass is 447 g/mol. The lowest BCUT2D eigenvalue weighted by Crippen LogP contribution is -2.25. The molecule has 3 aromatic rings. The van der Waals surface area contributed by atoms with Crippen molar-refractivity contribution >= 4 is 40.7 Å². The molecule has 3 N–H and O–H groups in total. The normalized spacial score (nSPS) is 21.2. The van der Waals surface area contributed by atoms with E-state index in [1.54, 1.807) is 44.8 Å². The van der Waals surface area contributed by atoms with Gasteiger partial charge in [0.1, 0.15) is 0 Å². The molecule has 4 rings (SSSR count). The van der Waals surface area contributed by atoms with E-state index in [1.807, 2.05) is 10.5 Å². The second kappa shape index (κ2) is 8.43. The number of benzene rings is 1. The maximum absolute atomic E-state index is 12.3. The number of hydrogen-bond donors (Lipinski definition) is 3. The first-order chi connectivity index (χ1) is 14.4. The molecule has 1 amide bonds. The minimum absolute atomic E-state index is 0.158. The minimum Gasteiger partial charge on any atom is -0.390 e. The molecular weight excluding hydrogens is 426 g/mol. The molecule has 0 unspecified atom stereocenters. The number of nitrogens with one attached hydrogen (secondary N) is 1. The van der Waals surface area contributed by atoms with Gasteiger partial charge in [-0.3, -0.25) is 9.20 Å². The molecule has 1 aliphatic rings. The summed E-state index contributed by atoms with van der Waals surface area (Å²) in [6, 6.07) is 5.33. The number of thioether (sulfide) groups is 1. The van der Waals surface area contributed by atoms with Gasteiger partial charge in [-0.05, 0) is 17.7 Å². The number of hydrogen-bond acceptors (Lipinski definition) is 7. The Kier molecular flexibility index (Phi) is 5.88. The summed E-state index contributed by atoms with van der Waals surface area (Å²) >= 11 is 7.69. The van der Waals surface area contributed by atoms with Crippen molar-refractivity contribution in [1.29, 1.82) is 0 Å². The predicted molar refractivity (Wildman–Crippen MR) is 117 cm³/mol. The maximum Gasteiger partial charge on any atom is 0.254 e. The van der Waals surface area contributed by atoms with Gasteiger partial charge in [-0.25, -0.2) is 9.97 Å². The van der Waals surface area contributed by atoms with Crippen LogP contribution in [-0.2, 0) is 6.54 Å². The van der Waals surface area contributed by atoms with Gasteiger partial charge in [0.05, 0.1) is 39.9 Å². The van der Waals surface area contributed by atoms with Crippen LogP contribution in [0.4, 0.5) is 5.82 Å². The van der Waals surface area contributed by atoms with E-state index in [2.05, 4.69) is 15.3 Å². The van der Waals surface area contributed by atoms with Crippen LogP contribution in [0.3, 0.4) is 0 Å². The fraction of sp³-hybridized carbons (Fsp3) is 0.350. The van der Waals surface area contributed by atoms with Gasteiger partial charge in [0.25, 0.3) is 5.91 Å². The van der Waals surface area contributed by atoms with E-state index in [4.69, 9.17) is 11.6 Å². The second-order valence-corrected chi connectivity index (χ2v) is 8.91. The Morgan fingerprint density at radius 1 is 1.37 bits per heavy atom. The number of halogens is 1. The summed E-state index contributed by atoms with van der Waals surface area (Å²) in [4.78, 5) is 22.6. The lowest BCUT2D eigenvalue weighted by Gasteiger charge is -2.15. The summed E-state index contributed by atoms with van der Waals surface area (Å²) in [5, 5.41) is 23.5. The van der Waals surface area contributed by atoms with Crippen molar-refractivity contribution in [3.8, 4) is 0 Å². The molecule has 1 saturated heterocycles. The van der Waals surface area contributed by atoms with E-state index < -0.39 is 12.2 Å². The van der Waals surface area contributed by atoms with Gasteiger partial charge in [0.15, 0.2) is 11.5 Å². The summed E-state index contributed by atoms with van der Waals surface area (Å²) in [5.41, 5.74) is 2.77. The van der Waals surface area contributed by atoms with Crippen molar-refractivity contribution in [2.45, 2.75) is 24.0 Å². The first kappa shape index (κ1) is 20.9. The Labute approximate surface area is 182 Å². The number of nitrogens with zero attached hydrogens (tertiary/aromatic N) is 4. The molecule has 1 aliphatic heterocycles. The van der Waals surface area contributed by atoms with Crippen LogP contribution >= 0.6 is 23.4 Å². The van der Waals surface area contributed by atoms with Gasteiger partial charge < -0.3 is 20.4 Å². The summed E-state index contributed by atoms with van der Waals surface area (Å²) in [6.07, 6.45) is 3.58. The number of carbonyl (C=O) groups is 1. The maximum atomic E-state index is 12.3. The third-order valence-electron chi connectivity index (χ3n) is 5.03. The summed E-state index contributed by atoms with van der Waals surface area (Å²) in [5.74, 6) is 0.909. The first-order valence-corrected chi connectivity index (χ1v) is 10.8. The number of imidazole rings is 1. The van der Waals surface area contributed by atoms with Crippen LogP contribution in [0.5, 0.6) is 0 Å². The molecule has 8 nitrogen and oxygen atoms in total. The molecule has 0 aliphatic carbocycles. The number of amides is 1. The molecule has 30 heavy (non-hydrogen) atoms. The van der Waals surface area contributed by atoms with Gasteiger partial charge in [-0.1, -0.05) is 17.7 Å². The fourth-order valence-electron chi connectivity index (χ4n) is 3.41. The highest BCUT2D eigenvalue weighted by Crippen LogP contribution is 2.40. The van der Waals surface area contributed by atoms with Gasteiger partial charge in [0.2, 0.25) is 0 Å². The molecule has 3 heterocycles. The van der Waals surface area contributed by atoms with Gasteiger partial charge in [0, 0.05) is 38.8 Å². The van der Waals surface area contributed by atoms with Crippen LogP contribution < -0.4 is 5.32 Å². The molecular formula is C20H22ClN5O3S. The molecule has 0 saturated carbocycles. The number of anilines is 1. The summed E-state index contributed by atoms with van der Waals surface area (Å²) in [6.45, 7) is 0.430. The quantitative estimate of drug-likeness (QED) is 0.551. The zero-order valence-electron chi connectivity index (χ0n) is 16.5. The van der Waals surface area contributed by atoms with Crippen LogP contribution in [0.25, 0.3) is 5.65 Å². The lowest BCUT2D eigenvalue weighted by molar-refractivity contribution is 0.0411. The average molecular weight is 448 g/mol. The molecule has 0 bridgehead atoms. The summed E-state index contributed by atoms with van der Waals surface area (Å²) < 4.78 is 1.87. The Morgan fingerprint density at radius 2 is 2.17 bits per heavy atom. The fourth-order valence-corrected chi connectivity index (χ4v) is 4.93. The first-order valence-electron chi connectivity index (χ1n) is 9.40. The molecule has 1 aromatic carbocycles. The smallest absolute Gasteiger partial charge is 0.254 e. The number of fused-ring (bicyclic) bond motifs is 1. The standard InChI is InChI=1S/C20H22ClN5O3S/c1-25(2)20(29)12-7-11(3-4-13(12)21)8-23-18-19-24-9-14(26(19)6-5-22-18)17-16(28)15(27)10-30-17/h3-7,9,15-17,27-28H,8,10H2,1-2H3,(H,22,23)/t15-,16-,17+/m1/s1. The van der Waals surface area contributed by atoms with Crippen LogP contribution in [0.1, 0.15) is 26.9 Å². The van der Waals surface area contributed by atoms with E-state index in [9.17, 15) is 15.0 Å². The Morgan fingerprint density at radius 3 is 2.87 bits per heavy atom. The molecule has 0 radical (unpaired) electrons. The van der Waals surface area contributed by atoms with Crippen molar-refractivity contribution in [3.63, 3.8) is 0 Å². The number of aliphatic hydroxyl groups excluding tert-OH is 2. The molecule has 10 heteroatoms. The van der Waals surface area contributed by atoms with E-state index in [1.165, 1.54) is 16.7 Å². The number of rotatable bonds is 5. The van der Waals surface area contributed by atoms with Crippen molar-refractivity contribution in [1.82, 2.24) is 19.3 Å². The zero-order valence-corrected chi connectivity index (χ0v) is 18.1. The number of aromatic nitrogens is 3. The van der Waals surface area contributed by atoms with Crippen molar-refractivity contribution < 1.29 is 15.0 Å². The van der Waals surface area contributed by atoms with E-state index in [-0.39, 0.29) is 11.2 Å². The highest BCUT2D eigenvalue weighted by molar-refractivity contribution is 7.99. The van der Waals surface area contributed by atoms with E-state index in [0.717, 1.165) is 11.3 Å². The predicted octanol–water partition coefficient (Wildman–Crippen LogP) is 2.21. The Balaban J connectivity index is 1.57. The topological polar surface area (TPSA) is 103 Å². The molecule has 3 atom stereocenters. The summed E-state index contributed by atoms with van der Waals surface area (Å²) in [7, 11) is 3.37. The van der Waals surface area contributed by atoms with Crippen molar-refractivity contribution in [3.05, 3.63) is 58.6 Å². The van der Waals surface area contributed by atoms with Gasteiger partial charge >= 0.3 is 0 Å². The Hall–Kier alpha value is -2.33. The third-order valence-corrected chi connectivity index (χ3v) is 6.77.